The lowest BCUT2D eigenvalue weighted by Gasteiger charge is -2.45. The topological polar surface area (TPSA) is 18.5 Å². The summed E-state index contributed by atoms with van der Waals surface area (Å²) in [5.41, 5.74) is 3.35. The van der Waals surface area contributed by atoms with Crippen molar-refractivity contribution in [1.82, 2.24) is 10.2 Å². The van der Waals surface area contributed by atoms with E-state index >= 15 is 0 Å². The Labute approximate surface area is 142 Å². The van der Waals surface area contributed by atoms with E-state index in [2.05, 4.69) is 53.5 Å². The molecule has 2 fully saturated rings. The summed E-state index contributed by atoms with van der Waals surface area (Å²) in [6.07, 6.45) is 8.11. The molecule has 3 heteroatoms. The average molecular weight is 316 g/mol. The molecular formula is C20H33N3. The van der Waals surface area contributed by atoms with E-state index in [1.807, 2.05) is 0 Å². The Morgan fingerprint density at radius 1 is 1.13 bits per heavy atom. The van der Waals surface area contributed by atoms with E-state index in [0.717, 1.165) is 0 Å². The van der Waals surface area contributed by atoms with Gasteiger partial charge in [0.1, 0.15) is 0 Å². The zero-order valence-corrected chi connectivity index (χ0v) is 15.0. The molecule has 0 amide bonds. The van der Waals surface area contributed by atoms with Crippen LogP contribution in [0.15, 0.2) is 24.3 Å². The van der Waals surface area contributed by atoms with Crippen LogP contribution in [0.1, 0.15) is 37.7 Å². The number of piperidine rings is 2. The van der Waals surface area contributed by atoms with Crippen LogP contribution >= 0.6 is 0 Å². The summed E-state index contributed by atoms with van der Waals surface area (Å²) in [4.78, 5) is 4.89. The Hall–Kier alpha value is -1.06. The van der Waals surface area contributed by atoms with Crippen LogP contribution in [0.25, 0.3) is 0 Å². The fourth-order valence-electron chi connectivity index (χ4n) is 4.35. The number of aryl methyl sites for hydroxylation is 1. The number of hydrogen-bond donors (Lipinski definition) is 1. The van der Waals surface area contributed by atoms with Crippen molar-refractivity contribution >= 4 is 5.69 Å². The molecule has 1 unspecified atom stereocenters. The summed E-state index contributed by atoms with van der Waals surface area (Å²) >= 11 is 0. The second-order valence-corrected chi connectivity index (χ2v) is 7.82. The maximum absolute atomic E-state index is 3.63. The van der Waals surface area contributed by atoms with E-state index in [4.69, 9.17) is 0 Å². The molecule has 128 valence electrons. The van der Waals surface area contributed by atoms with Gasteiger partial charge in [0.25, 0.3) is 0 Å². The third kappa shape index (κ3) is 4.48. The van der Waals surface area contributed by atoms with Crippen LogP contribution in [0.3, 0.4) is 0 Å². The lowest BCUT2D eigenvalue weighted by atomic mass is 9.74. The van der Waals surface area contributed by atoms with Crippen molar-refractivity contribution in [2.24, 2.45) is 5.41 Å². The first kappa shape index (κ1) is 16.8. The highest BCUT2D eigenvalue weighted by molar-refractivity contribution is 5.45. The normalized spacial score (nSPS) is 25.7. The molecule has 2 heterocycles. The first-order valence-corrected chi connectivity index (χ1v) is 9.36. The monoisotopic (exact) mass is 315 g/mol. The number of anilines is 1. The number of hydrogen-bond acceptors (Lipinski definition) is 3. The Balaban J connectivity index is 1.44. The molecule has 0 aliphatic carbocycles. The number of benzene rings is 1. The zero-order chi connectivity index (χ0) is 16.1. The minimum absolute atomic E-state index is 0.587. The van der Waals surface area contributed by atoms with Crippen molar-refractivity contribution in [1.29, 1.82) is 0 Å². The minimum atomic E-state index is 0.587. The first-order chi connectivity index (χ1) is 11.2. The molecule has 23 heavy (non-hydrogen) atoms. The van der Waals surface area contributed by atoms with Crippen LogP contribution in [0.5, 0.6) is 0 Å². The highest BCUT2D eigenvalue weighted by atomic mass is 15.1. The smallest absolute Gasteiger partial charge is 0.0361 e. The lowest BCUT2D eigenvalue weighted by molar-refractivity contribution is 0.0641. The molecule has 3 rings (SSSR count). The molecule has 0 bridgehead atoms. The van der Waals surface area contributed by atoms with Gasteiger partial charge in [0.15, 0.2) is 0 Å². The molecule has 2 aliphatic rings. The quantitative estimate of drug-likeness (QED) is 0.900. The molecule has 2 saturated heterocycles. The fraction of sp³-hybridized carbons (Fsp3) is 0.700. The predicted molar refractivity (Wildman–Crippen MR) is 99.3 cm³/mol. The maximum Gasteiger partial charge on any atom is 0.0361 e. The lowest BCUT2D eigenvalue weighted by Crippen LogP contribution is -2.51. The van der Waals surface area contributed by atoms with E-state index in [1.165, 1.54) is 82.5 Å². The summed E-state index contributed by atoms with van der Waals surface area (Å²) in [6, 6.07) is 9.05. The van der Waals surface area contributed by atoms with Gasteiger partial charge in [-0.1, -0.05) is 12.1 Å². The summed E-state index contributed by atoms with van der Waals surface area (Å²) < 4.78 is 0. The van der Waals surface area contributed by atoms with Crippen molar-refractivity contribution in [2.45, 2.75) is 38.5 Å². The number of nitrogens with zero attached hydrogens (tertiary/aromatic N) is 2. The van der Waals surface area contributed by atoms with Crippen LogP contribution in [-0.2, 0) is 6.42 Å². The number of likely N-dealkylation sites (tertiary alicyclic amines) is 1. The van der Waals surface area contributed by atoms with Crippen molar-refractivity contribution in [2.75, 3.05) is 51.7 Å². The summed E-state index contributed by atoms with van der Waals surface area (Å²) in [5.74, 6) is 0. The van der Waals surface area contributed by atoms with Gasteiger partial charge in [-0.25, -0.2) is 0 Å². The molecule has 1 aromatic rings. The van der Waals surface area contributed by atoms with Gasteiger partial charge in [0.05, 0.1) is 0 Å². The average Bonchev–Trinajstić information content (AvgIpc) is 2.56. The minimum Gasteiger partial charge on any atom is -0.378 e. The Bertz CT molecular complexity index is 469. The molecular weight excluding hydrogens is 282 g/mol. The third-order valence-electron chi connectivity index (χ3n) is 5.69. The third-order valence-corrected chi connectivity index (χ3v) is 5.69. The highest BCUT2D eigenvalue weighted by Crippen LogP contribution is 2.35. The van der Waals surface area contributed by atoms with Crippen LogP contribution in [0.2, 0.25) is 0 Å². The van der Waals surface area contributed by atoms with Crippen LogP contribution < -0.4 is 10.2 Å². The molecule has 0 aromatic heterocycles. The van der Waals surface area contributed by atoms with Crippen molar-refractivity contribution in [3.8, 4) is 0 Å². The van der Waals surface area contributed by atoms with E-state index < -0.39 is 0 Å². The molecule has 0 saturated carbocycles. The Kier molecular flexibility index (Phi) is 5.60. The molecule has 1 spiro atoms. The van der Waals surface area contributed by atoms with Crippen molar-refractivity contribution in [3.63, 3.8) is 0 Å². The summed E-state index contributed by atoms with van der Waals surface area (Å²) in [6.45, 7) is 6.36. The Morgan fingerprint density at radius 2 is 1.91 bits per heavy atom. The molecule has 3 nitrogen and oxygen atoms in total. The van der Waals surface area contributed by atoms with Gasteiger partial charge in [0.2, 0.25) is 0 Å². The zero-order valence-electron chi connectivity index (χ0n) is 15.0. The standard InChI is InChI=1S/C20H33N3/c1-22(2)19-9-7-18(8-10-19)6-3-14-23-15-5-12-20(17-23)11-4-13-21-16-20/h7-10,21H,3-6,11-17H2,1-2H3. The SMILES string of the molecule is CN(C)c1ccc(CCCN2CCCC3(CCCNC3)C2)cc1. The Morgan fingerprint density at radius 3 is 2.61 bits per heavy atom. The van der Waals surface area contributed by atoms with Gasteiger partial charge in [-0.15, -0.1) is 0 Å². The molecule has 2 aliphatic heterocycles. The number of nitrogens with one attached hydrogen (secondary N) is 1. The molecule has 1 N–H and O–H groups in total. The van der Waals surface area contributed by atoms with E-state index in [-0.39, 0.29) is 0 Å². The largest absolute Gasteiger partial charge is 0.378 e. The van der Waals surface area contributed by atoms with Gasteiger partial charge in [-0.05, 0) is 81.3 Å². The fourth-order valence-corrected chi connectivity index (χ4v) is 4.35. The second kappa shape index (κ2) is 7.67. The highest BCUT2D eigenvalue weighted by Gasteiger charge is 2.36. The van der Waals surface area contributed by atoms with Gasteiger partial charge < -0.3 is 15.1 Å². The van der Waals surface area contributed by atoms with Crippen LogP contribution in [-0.4, -0.2) is 51.7 Å². The maximum atomic E-state index is 3.63. The summed E-state index contributed by atoms with van der Waals surface area (Å²) in [7, 11) is 4.20. The van der Waals surface area contributed by atoms with Gasteiger partial charge in [0, 0.05) is 32.9 Å². The molecule has 0 radical (unpaired) electrons. The molecule has 1 aromatic carbocycles. The van der Waals surface area contributed by atoms with Crippen LogP contribution in [0.4, 0.5) is 5.69 Å². The van der Waals surface area contributed by atoms with E-state index in [0.29, 0.717) is 5.41 Å². The van der Waals surface area contributed by atoms with Gasteiger partial charge in [-0.3, -0.25) is 0 Å². The van der Waals surface area contributed by atoms with E-state index in [1.54, 1.807) is 0 Å². The van der Waals surface area contributed by atoms with Crippen molar-refractivity contribution < 1.29 is 0 Å². The van der Waals surface area contributed by atoms with Crippen LogP contribution in [0, 0.1) is 5.41 Å². The van der Waals surface area contributed by atoms with Gasteiger partial charge >= 0.3 is 0 Å². The predicted octanol–water partition coefficient (Wildman–Crippen LogP) is 3.15. The summed E-state index contributed by atoms with van der Waals surface area (Å²) in [5, 5.41) is 3.63. The van der Waals surface area contributed by atoms with Crippen molar-refractivity contribution in [3.05, 3.63) is 29.8 Å². The molecule has 1 atom stereocenters. The second-order valence-electron chi connectivity index (χ2n) is 7.82. The first-order valence-electron chi connectivity index (χ1n) is 9.36. The number of rotatable bonds is 5. The van der Waals surface area contributed by atoms with Gasteiger partial charge in [-0.2, -0.15) is 0 Å². The van der Waals surface area contributed by atoms with E-state index in [9.17, 15) is 0 Å².